The molecule has 2 heterocycles. The average Bonchev–Trinajstić information content (AvgIpc) is 2.49. The Kier molecular flexibility index (Phi) is 5.11. The number of halogens is 2. The summed E-state index contributed by atoms with van der Waals surface area (Å²) in [4.78, 5) is 69.9. The summed E-state index contributed by atoms with van der Waals surface area (Å²) in [5.74, 6) is -4.90. The summed E-state index contributed by atoms with van der Waals surface area (Å²) in [6.45, 7) is 1.73. The second-order valence-corrected chi connectivity index (χ2v) is 11.3. The normalized spacial score (nSPS) is 10.4. The van der Waals surface area contributed by atoms with E-state index in [1.54, 1.807) is 0 Å². The fourth-order valence-corrected chi connectivity index (χ4v) is 7.26. The van der Waals surface area contributed by atoms with Gasteiger partial charge in [0.2, 0.25) is 0 Å². The van der Waals surface area contributed by atoms with E-state index in [2.05, 4.69) is 0 Å². The van der Waals surface area contributed by atoms with Gasteiger partial charge in [-0.2, -0.15) is 0 Å². The van der Waals surface area contributed by atoms with Crippen LogP contribution in [0.5, 0.6) is 0 Å². The molecule has 2 rings (SSSR count). The molecule has 0 amide bonds. The second kappa shape index (κ2) is 6.78. The fraction of sp³-hybridized carbons (Fsp3) is 0.167. The van der Waals surface area contributed by atoms with Crippen LogP contribution in [0.2, 0.25) is 0 Å². The van der Waals surface area contributed by atoms with E-state index in [0.717, 1.165) is 13.8 Å². The molecule has 0 saturated carbocycles. The number of nitrogens with zero attached hydrogens (tertiary/aromatic N) is 4. The van der Waals surface area contributed by atoms with E-state index in [-0.39, 0.29) is 9.13 Å². The molecule has 13 heteroatoms. The van der Waals surface area contributed by atoms with E-state index in [1.165, 1.54) is 0 Å². The molecule has 25 heavy (non-hydrogen) atoms. The van der Waals surface area contributed by atoms with Crippen molar-refractivity contribution >= 4 is 11.8 Å². The van der Waals surface area contributed by atoms with Crippen molar-refractivity contribution in [2.75, 3.05) is 0 Å². The number of hydrogen-bond acceptors (Lipinski definition) is 6. The number of aromatic nitrogens is 4. The van der Waals surface area contributed by atoms with Gasteiger partial charge in [-0.25, -0.2) is 0 Å². The summed E-state index contributed by atoms with van der Waals surface area (Å²) >= 11 is -3.28. The third-order valence-corrected chi connectivity index (χ3v) is 9.05. The summed E-state index contributed by atoms with van der Waals surface area (Å²) in [6.07, 6.45) is 1.03. The Morgan fingerprint density at radius 1 is 0.800 bits per heavy atom. The predicted octanol–water partition coefficient (Wildman–Crippen LogP) is -1.76. The minimum atomic E-state index is -3.28. The second-order valence-electron chi connectivity index (χ2n) is 4.92. The molecule has 0 aromatic carbocycles. The Hall–Kier alpha value is -2.50. The van der Waals surface area contributed by atoms with Crippen LogP contribution in [0.1, 0.15) is 23.4 Å². The maximum atomic E-state index is 13.7. The van der Waals surface area contributed by atoms with Crippen LogP contribution in [0.3, 0.4) is 0 Å². The van der Waals surface area contributed by atoms with Crippen molar-refractivity contribution in [2.24, 2.45) is 0 Å². The zero-order chi connectivity index (χ0) is 19.0. The van der Waals surface area contributed by atoms with Gasteiger partial charge in [-0.05, 0) is 0 Å². The molecule has 0 unspecified atom stereocenters. The summed E-state index contributed by atoms with van der Waals surface area (Å²) in [5.41, 5.74) is -5.27. The van der Waals surface area contributed by atoms with Gasteiger partial charge in [-0.3, -0.25) is 0 Å². The van der Waals surface area contributed by atoms with Crippen LogP contribution >= 0.6 is 0 Å². The number of rotatable bonds is 2. The third kappa shape index (κ3) is 3.33. The van der Waals surface area contributed by atoms with Gasteiger partial charge in [0.1, 0.15) is 0 Å². The van der Waals surface area contributed by atoms with Crippen molar-refractivity contribution in [1.82, 2.24) is 13.8 Å². The topological polar surface area (TPSA) is 122 Å². The minimum absolute atomic E-state index is 0.0394. The molecule has 2 aromatic heterocycles. The van der Waals surface area contributed by atoms with Crippen LogP contribution in [0.15, 0.2) is 31.6 Å². The van der Waals surface area contributed by atoms with E-state index in [0.29, 0.717) is 17.1 Å². The maximum absolute atomic E-state index is 13.7. The quantitative estimate of drug-likeness (QED) is 0.415. The SMILES string of the molecule is CC(=O)n1c(=O)c(F)c[n]([Hg][n]2cc(F)c(=O)n(C(C)=O)c2=O)c1=O. The molecule has 0 fully saturated rings. The van der Waals surface area contributed by atoms with Crippen molar-refractivity contribution in [3.8, 4) is 0 Å². The summed E-state index contributed by atoms with van der Waals surface area (Å²) in [7, 11) is 0. The molecule has 0 spiro atoms. The molecule has 2 aromatic rings. The standard InChI is InChI=1S/2C6H5FN2O3.Hg/c2*1-3(10)9-5(11)4(7)2-8-6(9)12;/h2*2H,1H3,(H,8,11,12);/q;;+2/p-2. The molecule has 0 atom stereocenters. The van der Waals surface area contributed by atoms with Crippen LogP contribution in [-0.4, -0.2) is 25.6 Å². The Balaban J connectivity index is 2.75. The van der Waals surface area contributed by atoms with Crippen LogP contribution < -0.4 is 22.5 Å². The first kappa shape index (κ1) is 18.8. The molecule has 0 aliphatic heterocycles. The molecular formula is C12H8F2HgN4O6. The molecule has 128 valence electrons. The average molecular weight is 543 g/mol. The van der Waals surface area contributed by atoms with Crippen molar-refractivity contribution in [1.29, 1.82) is 0 Å². The first-order chi connectivity index (χ1) is 11.6. The number of hydrogen-bond donors (Lipinski definition) is 0. The molecule has 0 aliphatic carbocycles. The first-order valence-electron chi connectivity index (χ1n) is 6.62. The monoisotopic (exact) mass is 544 g/mol. The summed E-state index contributed by atoms with van der Waals surface area (Å²) in [5, 5.41) is 0. The fourth-order valence-electron chi connectivity index (χ4n) is 2.06. The van der Waals surface area contributed by atoms with Crippen molar-refractivity contribution < 1.29 is 43.5 Å². The third-order valence-electron chi connectivity index (χ3n) is 3.16. The Morgan fingerprint density at radius 3 is 1.40 bits per heavy atom. The molecular weight excluding hydrogens is 535 g/mol. The van der Waals surface area contributed by atoms with Gasteiger partial charge < -0.3 is 0 Å². The molecule has 0 bridgehead atoms. The van der Waals surface area contributed by atoms with E-state index < -0.39 is 71.1 Å². The van der Waals surface area contributed by atoms with Gasteiger partial charge in [-0.1, -0.05) is 0 Å². The van der Waals surface area contributed by atoms with Crippen LogP contribution in [0.25, 0.3) is 0 Å². The zero-order valence-electron chi connectivity index (χ0n) is 12.9. The van der Waals surface area contributed by atoms with Crippen molar-refractivity contribution in [3.05, 3.63) is 65.7 Å². The van der Waals surface area contributed by atoms with E-state index in [9.17, 15) is 37.5 Å². The van der Waals surface area contributed by atoms with E-state index >= 15 is 0 Å². The number of carbonyl (C=O) groups is 2. The Morgan fingerprint density at radius 2 is 1.12 bits per heavy atom. The van der Waals surface area contributed by atoms with Gasteiger partial charge >= 0.3 is 149 Å². The van der Waals surface area contributed by atoms with Crippen LogP contribution in [-0.2, 0) is 25.2 Å². The predicted molar refractivity (Wildman–Crippen MR) is 73.2 cm³/mol. The Bertz CT molecular complexity index is 1050. The summed E-state index contributed by atoms with van der Waals surface area (Å²) < 4.78 is 28.7. The first-order valence-corrected chi connectivity index (χ1v) is 11.5. The molecule has 0 aliphatic rings. The van der Waals surface area contributed by atoms with Gasteiger partial charge in [0.05, 0.1) is 0 Å². The van der Waals surface area contributed by atoms with Gasteiger partial charge in [-0.15, -0.1) is 0 Å². The van der Waals surface area contributed by atoms with E-state index in [4.69, 9.17) is 0 Å². The van der Waals surface area contributed by atoms with Crippen molar-refractivity contribution in [3.63, 3.8) is 0 Å². The van der Waals surface area contributed by atoms with Crippen LogP contribution in [0, 0.1) is 11.6 Å². The van der Waals surface area contributed by atoms with Gasteiger partial charge in [0.15, 0.2) is 0 Å². The van der Waals surface area contributed by atoms with Gasteiger partial charge in [0.25, 0.3) is 0 Å². The molecule has 0 radical (unpaired) electrons. The summed E-state index contributed by atoms with van der Waals surface area (Å²) in [6, 6.07) is 0. The Labute approximate surface area is 148 Å². The molecule has 0 N–H and O–H groups in total. The molecule has 0 saturated heterocycles. The van der Waals surface area contributed by atoms with Gasteiger partial charge in [0, 0.05) is 0 Å². The number of carbonyl (C=O) groups excluding carboxylic acids is 2. The van der Waals surface area contributed by atoms with E-state index in [1.807, 2.05) is 0 Å². The van der Waals surface area contributed by atoms with Crippen LogP contribution in [0.4, 0.5) is 8.78 Å². The zero-order valence-corrected chi connectivity index (χ0v) is 18.4. The van der Waals surface area contributed by atoms with Crippen molar-refractivity contribution in [2.45, 2.75) is 13.8 Å². The molecule has 10 nitrogen and oxygen atoms in total.